The van der Waals surface area contributed by atoms with Crippen molar-refractivity contribution in [3.05, 3.63) is 12.2 Å². The average molecular weight is 829 g/mol. The van der Waals surface area contributed by atoms with Crippen LogP contribution in [-0.4, -0.2) is 68.5 Å². The second-order valence-corrected chi connectivity index (χ2v) is 19.6. The van der Waals surface area contributed by atoms with Gasteiger partial charge in [0.15, 0.2) is 0 Å². The third kappa shape index (κ3) is 43.1. The van der Waals surface area contributed by atoms with Gasteiger partial charge in [-0.25, -0.2) is 0 Å². The number of nitrogens with one attached hydrogen (secondary N) is 1. The maximum absolute atomic E-state index is 12.9. The molecular formula is C48H97N2O6P. The van der Waals surface area contributed by atoms with Crippen LogP contribution < -0.4 is 10.2 Å². The highest BCUT2D eigenvalue weighted by Gasteiger charge is 2.23. The van der Waals surface area contributed by atoms with E-state index >= 15 is 0 Å². The monoisotopic (exact) mass is 829 g/mol. The molecule has 3 atom stereocenters. The molecule has 2 N–H and O–H groups in total. The molecule has 0 aromatic rings. The Morgan fingerprint density at radius 3 is 1.32 bits per heavy atom. The number of aliphatic hydroxyl groups excluding tert-OH is 1. The minimum atomic E-state index is -4.58. The Kier molecular flexibility index (Phi) is 40.1. The summed E-state index contributed by atoms with van der Waals surface area (Å²) in [6, 6.07) is -0.879. The minimum absolute atomic E-state index is 0.00214. The number of hydrogen-bond donors (Lipinski definition) is 2. The Balaban J connectivity index is 4.19. The number of phosphoric ester groups is 1. The van der Waals surface area contributed by atoms with E-state index in [-0.39, 0.29) is 19.1 Å². The average Bonchev–Trinajstić information content (AvgIpc) is 3.16. The Morgan fingerprint density at radius 2 is 0.947 bits per heavy atom. The summed E-state index contributed by atoms with van der Waals surface area (Å²) in [6.45, 7) is 4.66. The molecule has 0 heterocycles. The summed E-state index contributed by atoms with van der Waals surface area (Å²) < 4.78 is 23.2. The van der Waals surface area contributed by atoms with Gasteiger partial charge in [-0.1, -0.05) is 225 Å². The Bertz CT molecular complexity index is 942. The molecule has 0 aliphatic heterocycles. The highest BCUT2D eigenvalue weighted by atomic mass is 31.2. The van der Waals surface area contributed by atoms with Crippen molar-refractivity contribution >= 4 is 13.7 Å². The predicted molar refractivity (Wildman–Crippen MR) is 242 cm³/mol. The van der Waals surface area contributed by atoms with E-state index in [4.69, 9.17) is 9.05 Å². The number of nitrogens with zero attached hydrogens (tertiary/aromatic N) is 1. The van der Waals surface area contributed by atoms with Crippen LogP contribution in [0.3, 0.4) is 0 Å². The van der Waals surface area contributed by atoms with Crippen molar-refractivity contribution in [3.63, 3.8) is 0 Å². The zero-order chi connectivity index (χ0) is 42.1. The molecule has 0 saturated heterocycles. The molecule has 0 fully saturated rings. The molecule has 0 saturated carbocycles. The van der Waals surface area contributed by atoms with Gasteiger partial charge < -0.3 is 28.8 Å². The maximum Gasteiger partial charge on any atom is 0.268 e. The van der Waals surface area contributed by atoms with Crippen LogP contribution in [0.1, 0.15) is 239 Å². The number of quaternary nitrogens is 1. The molecule has 0 rings (SSSR count). The number of rotatable bonds is 45. The summed E-state index contributed by atoms with van der Waals surface area (Å²) >= 11 is 0. The number of phosphoric acid groups is 1. The second kappa shape index (κ2) is 40.6. The largest absolute Gasteiger partial charge is 0.756 e. The molecule has 9 heteroatoms. The quantitative estimate of drug-likeness (QED) is 0.0274. The summed E-state index contributed by atoms with van der Waals surface area (Å²) in [5, 5.41) is 13.8. The van der Waals surface area contributed by atoms with Crippen molar-refractivity contribution in [1.29, 1.82) is 0 Å². The number of amides is 1. The molecule has 0 aromatic heterocycles. The molecule has 0 aliphatic carbocycles. The van der Waals surface area contributed by atoms with Gasteiger partial charge in [-0.3, -0.25) is 9.36 Å². The van der Waals surface area contributed by atoms with Gasteiger partial charge >= 0.3 is 0 Å². The van der Waals surface area contributed by atoms with Crippen LogP contribution in [0.2, 0.25) is 0 Å². The van der Waals surface area contributed by atoms with E-state index in [1.54, 1.807) is 6.08 Å². The third-order valence-electron chi connectivity index (χ3n) is 11.2. The Hall–Kier alpha value is -0.760. The topological polar surface area (TPSA) is 108 Å². The molecule has 1 amide bonds. The Morgan fingerprint density at radius 1 is 0.596 bits per heavy atom. The number of carbonyl (C=O) groups is 1. The summed E-state index contributed by atoms with van der Waals surface area (Å²) in [4.78, 5) is 25.3. The molecule has 340 valence electrons. The van der Waals surface area contributed by atoms with Gasteiger partial charge in [0.2, 0.25) is 5.91 Å². The SMILES string of the molecule is CCCCCCCCCCCC/C=C/C(O)C(COP(=O)([O-])OCC[N+](C)(C)C)NC(=O)CCCCCCCCCCCCCCCCCCCCCCCCC. The van der Waals surface area contributed by atoms with Crippen LogP contribution in [0.5, 0.6) is 0 Å². The van der Waals surface area contributed by atoms with Crippen molar-refractivity contribution in [2.75, 3.05) is 40.9 Å². The molecule has 3 unspecified atom stereocenters. The number of carbonyl (C=O) groups excluding carboxylic acids is 1. The highest BCUT2D eigenvalue weighted by molar-refractivity contribution is 7.45. The van der Waals surface area contributed by atoms with Gasteiger partial charge in [-0.2, -0.15) is 0 Å². The first-order chi connectivity index (χ1) is 27.5. The first kappa shape index (κ1) is 56.2. The third-order valence-corrected chi connectivity index (χ3v) is 12.2. The van der Waals surface area contributed by atoms with Crippen LogP contribution in [0, 0.1) is 0 Å². The van der Waals surface area contributed by atoms with E-state index < -0.39 is 20.0 Å². The number of unbranched alkanes of at least 4 members (excludes halogenated alkanes) is 32. The van der Waals surface area contributed by atoms with Crippen LogP contribution in [-0.2, 0) is 18.4 Å². The number of allylic oxidation sites excluding steroid dienone is 1. The van der Waals surface area contributed by atoms with Crippen LogP contribution >= 0.6 is 7.82 Å². The molecule has 0 aromatic carbocycles. The van der Waals surface area contributed by atoms with Gasteiger partial charge in [0.25, 0.3) is 7.82 Å². The predicted octanol–water partition coefficient (Wildman–Crippen LogP) is 13.3. The van der Waals surface area contributed by atoms with Gasteiger partial charge in [0.05, 0.1) is 39.9 Å². The van der Waals surface area contributed by atoms with E-state index in [2.05, 4.69) is 19.2 Å². The summed E-state index contributed by atoms with van der Waals surface area (Å²) in [6.07, 6.45) is 47.0. The van der Waals surface area contributed by atoms with Crippen molar-refractivity contribution in [3.8, 4) is 0 Å². The summed E-state index contributed by atoms with van der Waals surface area (Å²) in [5.74, 6) is -0.194. The van der Waals surface area contributed by atoms with Crippen LogP contribution in [0.25, 0.3) is 0 Å². The van der Waals surface area contributed by atoms with E-state index in [0.29, 0.717) is 17.4 Å². The zero-order valence-corrected chi connectivity index (χ0v) is 39.5. The first-order valence-corrected chi connectivity index (χ1v) is 26.0. The van der Waals surface area contributed by atoms with Crippen molar-refractivity contribution in [1.82, 2.24) is 5.32 Å². The second-order valence-electron chi connectivity index (χ2n) is 18.2. The van der Waals surface area contributed by atoms with Gasteiger partial charge in [0, 0.05) is 6.42 Å². The maximum atomic E-state index is 12.9. The lowest BCUT2D eigenvalue weighted by atomic mass is 10.0. The van der Waals surface area contributed by atoms with E-state index in [1.165, 1.54) is 180 Å². The van der Waals surface area contributed by atoms with Crippen LogP contribution in [0.4, 0.5) is 0 Å². The minimum Gasteiger partial charge on any atom is -0.756 e. The lowest BCUT2D eigenvalue weighted by Gasteiger charge is -2.29. The van der Waals surface area contributed by atoms with E-state index in [9.17, 15) is 19.4 Å². The van der Waals surface area contributed by atoms with Gasteiger partial charge in [-0.15, -0.1) is 0 Å². The molecule has 57 heavy (non-hydrogen) atoms. The lowest BCUT2D eigenvalue weighted by molar-refractivity contribution is -0.870. The Labute approximate surface area is 354 Å². The fourth-order valence-corrected chi connectivity index (χ4v) is 8.05. The summed E-state index contributed by atoms with van der Waals surface area (Å²) in [7, 11) is 1.27. The molecule has 0 bridgehead atoms. The standard InChI is InChI=1S/C48H97N2O6P/c1-6-8-10-12-14-16-18-20-21-22-23-24-25-26-27-28-29-30-32-34-36-38-40-42-48(52)49-46(45-56-57(53,54)55-44-43-50(3,4)5)47(51)41-39-37-35-33-31-19-17-15-13-11-9-7-2/h39,41,46-47,51H,6-38,40,42-45H2,1-5H3,(H-,49,52,53,54)/b41-39+. The van der Waals surface area contributed by atoms with Crippen LogP contribution in [0.15, 0.2) is 12.2 Å². The number of likely N-dealkylation sites (N-methyl/N-ethyl adjacent to an activating group) is 1. The molecule has 0 aliphatic rings. The smallest absolute Gasteiger partial charge is 0.268 e. The van der Waals surface area contributed by atoms with E-state index in [1.807, 2.05) is 27.2 Å². The number of aliphatic hydroxyl groups is 1. The molecule has 0 spiro atoms. The van der Waals surface area contributed by atoms with Crippen molar-refractivity contribution in [2.45, 2.75) is 251 Å². The molecular weight excluding hydrogens is 732 g/mol. The van der Waals surface area contributed by atoms with Gasteiger partial charge in [-0.05, 0) is 19.3 Å². The molecule has 0 radical (unpaired) electrons. The molecule has 8 nitrogen and oxygen atoms in total. The fourth-order valence-electron chi connectivity index (χ4n) is 7.33. The first-order valence-electron chi connectivity index (χ1n) is 24.6. The van der Waals surface area contributed by atoms with Gasteiger partial charge in [0.1, 0.15) is 13.2 Å². The lowest BCUT2D eigenvalue weighted by Crippen LogP contribution is -2.45. The van der Waals surface area contributed by atoms with Crippen molar-refractivity contribution < 1.29 is 32.9 Å². The number of hydrogen-bond acceptors (Lipinski definition) is 6. The highest BCUT2D eigenvalue weighted by Crippen LogP contribution is 2.38. The van der Waals surface area contributed by atoms with E-state index in [0.717, 1.165) is 38.5 Å². The summed E-state index contributed by atoms with van der Waals surface area (Å²) in [5.41, 5.74) is 0. The fraction of sp³-hybridized carbons (Fsp3) is 0.938. The van der Waals surface area contributed by atoms with Crippen molar-refractivity contribution in [2.24, 2.45) is 0 Å². The zero-order valence-electron chi connectivity index (χ0n) is 38.6. The normalized spacial score (nSPS) is 14.3.